The number of halogens is 2. The Hall–Kier alpha value is -3.46. The lowest BCUT2D eigenvalue weighted by atomic mass is 10.1. The van der Waals surface area contributed by atoms with E-state index in [2.05, 4.69) is 15.2 Å². The van der Waals surface area contributed by atoms with Crippen LogP contribution in [-0.2, 0) is 19.6 Å². The Balaban J connectivity index is 1.38. The number of amides is 1. The average molecular weight is 455 g/mol. The smallest absolute Gasteiger partial charge is 0.258 e. The topological polar surface area (TPSA) is 77.5 Å². The molecule has 0 fully saturated rings. The van der Waals surface area contributed by atoms with Gasteiger partial charge in [0.25, 0.3) is 5.91 Å². The van der Waals surface area contributed by atoms with E-state index in [1.165, 1.54) is 18.2 Å². The minimum absolute atomic E-state index is 0.206. The first kappa shape index (κ1) is 20.4. The number of aromatic nitrogens is 5. The molecule has 4 heterocycles. The van der Waals surface area contributed by atoms with Crippen molar-refractivity contribution in [1.29, 1.82) is 0 Å². The van der Waals surface area contributed by atoms with Crippen LogP contribution >= 0.6 is 11.6 Å². The lowest BCUT2D eigenvalue weighted by molar-refractivity contribution is 0.0745. The summed E-state index contributed by atoms with van der Waals surface area (Å²) in [6, 6.07) is 5.76. The number of rotatable bonds is 5. The molecule has 1 aliphatic heterocycles. The van der Waals surface area contributed by atoms with Gasteiger partial charge in [0.2, 0.25) is 0 Å². The summed E-state index contributed by atoms with van der Waals surface area (Å²) < 4.78 is 23.1. The quantitative estimate of drug-likeness (QED) is 0.460. The highest BCUT2D eigenvalue weighted by Gasteiger charge is 2.31. The molecule has 0 radical (unpaired) electrons. The van der Waals surface area contributed by atoms with Crippen LogP contribution in [0.2, 0.25) is 5.02 Å². The maximum Gasteiger partial charge on any atom is 0.258 e. The molecule has 0 atom stereocenters. The standard InChI is InChI=1S/C22H20ClFN6O2/c1-13-20(23)14(2)30-21(26-13)17-11-28(12-18(17)27-30)22(31)16-5-4-15(24)10-19(16)32-9-8-29-7-3-6-25-29/h3-7,10H,8-9,11-12H2,1-2H3. The van der Waals surface area contributed by atoms with Crippen molar-refractivity contribution in [3.63, 3.8) is 0 Å². The number of benzene rings is 1. The van der Waals surface area contributed by atoms with Gasteiger partial charge in [0.1, 0.15) is 18.2 Å². The Morgan fingerprint density at radius 2 is 2.12 bits per heavy atom. The molecule has 0 bridgehead atoms. The molecule has 0 saturated heterocycles. The van der Waals surface area contributed by atoms with Gasteiger partial charge in [-0.3, -0.25) is 9.48 Å². The summed E-state index contributed by atoms with van der Waals surface area (Å²) in [6.07, 6.45) is 3.48. The molecular weight excluding hydrogens is 435 g/mol. The number of carbonyl (C=O) groups excluding carboxylic acids is 1. The van der Waals surface area contributed by atoms with Crippen LogP contribution in [0.15, 0.2) is 36.7 Å². The van der Waals surface area contributed by atoms with Crippen LogP contribution in [0.4, 0.5) is 4.39 Å². The molecule has 5 rings (SSSR count). The van der Waals surface area contributed by atoms with Crippen molar-refractivity contribution in [3.05, 3.63) is 75.7 Å². The van der Waals surface area contributed by atoms with E-state index in [1.807, 2.05) is 26.1 Å². The van der Waals surface area contributed by atoms with Crippen LogP contribution in [-0.4, -0.2) is 41.8 Å². The number of fused-ring (bicyclic) bond motifs is 3. The van der Waals surface area contributed by atoms with Gasteiger partial charge in [0, 0.05) is 24.0 Å². The van der Waals surface area contributed by atoms with Crippen molar-refractivity contribution in [2.75, 3.05) is 6.61 Å². The fourth-order valence-corrected chi connectivity index (χ4v) is 4.02. The molecule has 1 aromatic carbocycles. The zero-order chi connectivity index (χ0) is 22.4. The third kappa shape index (κ3) is 3.48. The van der Waals surface area contributed by atoms with Gasteiger partial charge in [-0.25, -0.2) is 13.9 Å². The van der Waals surface area contributed by atoms with Crippen molar-refractivity contribution in [2.45, 2.75) is 33.5 Å². The van der Waals surface area contributed by atoms with E-state index in [0.29, 0.717) is 35.9 Å². The lowest BCUT2D eigenvalue weighted by Gasteiger charge is -2.18. The number of carbonyl (C=O) groups is 1. The van der Waals surface area contributed by atoms with Gasteiger partial charge in [0.15, 0.2) is 5.65 Å². The first-order valence-corrected chi connectivity index (χ1v) is 10.5. The summed E-state index contributed by atoms with van der Waals surface area (Å²) in [5.41, 5.74) is 4.20. The summed E-state index contributed by atoms with van der Waals surface area (Å²) in [6.45, 7) is 5.16. The highest BCUT2D eigenvalue weighted by Crippen LogP contribution is 2.31. The molecule has 0 saturated carbocycles. The van der Waals surface area contributed by atoms with E-state index in [4.69, 9.17) is 16.3 Å². The largest absolute Gasteiger partial charge is 0.491 e. The van der Waals surface area contributed by atoms with Crippen LogP contribution in [0.1, 0.15) is 33.0 Å². The number of aryl methyl sites for hydroxylation is 2. The zero-order valence-electron chi connectivity index (χ0n) is 17.5. The predicted octanol–water partition coefficient (Wildman–Crippen LogP) is 3.57. The minimum atomic E-state index is -0.468. The molecular formula is C22H20ClFN6O2. The molecule has 4 aromatic rings. The second-order valence-electron chi connectivity index (χ2n) is 7.68. The van der Waals surface area contributed by atoms with Gasteiger partial charge in [-0.2, -0.15) is 10.2 Å². The van der Waals surface area contributed by atoms with Gasteiger partial charge >= 0.3 is 0 Å². The average Bonchev–Trinajstić information content (AvgIpc) is 3.49. The van der Waals surface area contributed by atoms with Crippen molar-refractivity contribution < 1.29 is 13.9 Å². The maximum absolute atomic E-state index is 13.9. The maximum atomic E-state index is 13.9. The molecule has 8 nitrogen and oxygen atoms in total. The molecule has 3 aromatic heterocycles. The Labute approximate surface area is 188 Å². The molecule has 1 aliphatic rings. The van der Waals surface area contributed by atoms with Gasteiger partial charge in [-0.05, 0) is 32.0 Å². The van der Waals surface area contributed by atoms with E-state index in [1.54, 1.807) is 20.3 Å². The van der Waals surface area contributed by atoms with Gasteiger partial charge in [-0.15, -0.1) is 0 Å². The van der Waals surface area contributed by atoms with E-state index in [-0.39, 0.29) is 18.3 Å². The third-order valence-corrected chi connectivity index (χ3v) is 6.10. The van der Waals surface area contributed by atoms with E-state index >= 15 is 0 Å². The summed E-state index contributed by atoms with van der Waals surface area (Å²) in [5, 5.41) is 9.30. The lowest BCUT2D eigenvalue weighted by Crippen LogP contribution is -2.27. The van der Waals surface area contributed by atoms with E-state index < -0.39 is 5.82 Å². The first-order valence-electron chi connectivity index (χ1n) is 10.1. The monoisotopic (exact) mass is 454 g/mol. The van der Waals surface area contributed by atoms with Gasteiger partial charge in [0.05, 0.1) is 47.3 Å². The second kappa shape index (κ2) is 7.90. The SMILES string of the molecule is Cc1nc2c3c(nn2c(C)c1Cl)CN(C(=O)c1ccc(F)cc1OCCn1cccn1)C3. The molecule has 0 N–H and O–H groups in total. The normalized spacial score (nSPS) is 13.1. The molecule has 164 valence electrons. The third-order valence-electron chi connectivity index (χ3n) is 5.55. The Morgan fingerprint density at radius 3 is 2.91 bits per heavy atom. The fourth-order valence-electron chi connectivity index (χ4n) is 3.90. The van der Waals surface area contributed by atoms with Gasteiger partial charge in [-0.1, -0.05) is 11.6 Å². The van der Waals surface area contributed by atoms with Crippen molar-refractivity contribution in [3.8, 4) is 5.75 Å². The van der Waals surface area contributed by atoms with Gasteiger partial charge < -0.3 is 9.64 Å². The van der Waals surface area contributed by atoms with E-state index in [9.17, 15) is 9.18 Å². The summed E-state index contributed by atoms with van der Waals surface area (Å²) in [4.78, 5) is 19.5. The van der Waals surface area contributed by atoms with Crippen molar-refractivity contribution >= 4 is 23.2 Å². The predicted molar refractivity (Wildman–Crippen MR) is 115 cm³/mol. The Bertz CT molecular complexity index is 1330. The van der Waals surface area contributed by atoms with Crippen LogP contribution in [0.3, 0.4) is 0 Å². The minimum Gasteiger partial charge on any atom is -0.491 e. The van der Waals surface area contributed by atoms with Crippen LogP contribution < -0.4 is 4.74 Å². The van der Waals surface area contributed by atoms with Crippen molar-refractivity contribution in [1.82, 2.24) is 29.3 Å². The molecule has 1 amide bonds. The fraction of sp³-hybridized carbons (Fsp3) is 0.273. The number of nitrogens with zero attached hydrogens (tertiary/aromatic N) is 6. The molecule has 0 aliphatic carbocycles. The molecule has 0 unspecified atom stereocenters. The Kier molecular flexibility index (Phi) is 5.05. The van der Waals surface area contributed by atoms with Crippen LogP contribution in [0.5, 0.6) is 5.75 Å². The Morgan fingerprint density at radius 1 is 1.28 bits per heavy atom. The molecule has 10 heteroatoms. The zero-order valence-corrected chi connectivity index (χ0v) is 18.3. The number of ether oxygens (including phenoxy) is 1. The summed E-state index contributed by atoms with van der Waals surface area (Å²) >= 11 is 6.31. The highest BCUT2D eigenvalue weighted by atomic mass is 35.5. The second-order valence-corrected chi connectivity index (χ2v) is 8.05. The van der Waals surface area contributed by atoms with Crippen molar-refractivity contribution in [2.24, 2.45) is 0 Å². The highest BCUT2D eigenvalue weighted by molar-refractivity contribution is 6.31. The van der Waals surface area contributed by atoms with Crippen LogP contribution in [0.25, 0.3) is 5.65 Å². The van der Waals surface area contributed by atoms with Crippen LogP contribution in [0, 0.1) is 19.7 Å². The first-order chi connectivity index (χ1) is 15.4. The molecule has 0 spiro atoms. The number of hydrogen-bond donors (Lipinski definition) is 0. The summed E-state index contributed by atoms with van der Waals surface area (Å²) in [7, 11) is 0. The number of hydrogen-bond acceptors (Lipinski definition) is 5. The summed E-state index contributed by atoms with van der Waals surface area (Å²) in [5.74, 6) is -0.514. The molecule has 32 heavy (non-hydrogen) atoms. The van der Waals surface area contributed by atoms with E-state index in [0.717, 1.165) is 22.6 Å².